The number of rotatable bonds is 11. The number of hydrogen-bond acceptors (Lipinski definition) is 4. The molecule has 0 aliphatic rings. The minimum Gasteiger partial charge on any atom is -0.385 e. The summed E-state index contributed by atoms with van der Waals surface area (Å²) in [6, 6.07) is 16.4. The van der Waals surface area contributed by atoms with Crippen LogP contribution in [0.5, 0.6) is 0 Å². The maximum absolute atomic E-state index is 12.5. The fourth-order valence-corrected chi connectivity index (χ4v) is 4.24. The van der Waals surface area contributed by atoms with Gasteiger partial charge in [-0.05, 0) is 42.3 Å². The van der Waals surface area contributed by atoms with Crippen molar-refractivity contribution in [1.82, 2.24) is 9.62 Å². The lowest BCUT2D eigenvalue weighted by Gasteiger charge is -2.18. The summed E-state index contributed by atoms with van der Waals surface area (Å²) in [7, 11) is -3.46. The number of benzene rings is 2. The van der Waals surface area contributed by atoms with Gasteiger partial charge in [0, 0.05) is 37.9 Å². The molecule has 6 nitrogen and oxygen atoms in total. The van der Waals surface area contributed by atoms with E-state index in [4.69, 9.17) is 0 Å². The lowest BCUT2D eigenvalue weighted by Crippen LogP contribution is -2.30. The minimum absolute atomic E-state index is 0.176. The van der Waals surface area contributed by atoms with E-state index in [1.54, 1.807) is 30.3 Å². The van der Waals surface area contributed by atoms with Crippen LogP contribution in [0.3, 0.4) is 0 Å². The highest BCUT2D eigenvalue weighted by atomic mass is 32.2. The highest BCUT2D eigenvalue weighted by Crippen LogP contribution is 2.16. The van der Waals surface area contributed by atoms with E-state index in [2.05, 4.69) is 10.6 Å². The molecule has 0 spiro atoms. The summed E-state index contributed by atoms with van der Waals surface area (Å²) in [6.45, 7) is 5.84. The largest absolute Gasteiger partial charge is 0.385 e. The minimum atomic E-state index is -3.46. The molecule has 0 fully saturated rings. The average molecular weight is 416 g/mol. The van der Waals surface area contributed by atoms with Crippen LogP contribution in [0.25, 0.3) is 6.08 Å². The Morgan fingerprint density at radius 1 is 0.966 bits per heavy atom. The van der Waals surface area contributed by atoms with Crippen LogP contribution in [0.1, 0.15) is 25.8 Å². The number of carbonyl (C=O) groups is 1. The second kappa shape index (κ2) is 11.4. The molecule has 0 saturated heterocycles. The Hall–Kier alpha value is -2.64. The number of carbonyl (C=O) groups excluding carboxylic acids is 1. The lowest BCUT2D eigenvalue weighted by molar-refractivity contribution is -0.116. The molecule has 7 heteroatoms. The number of nitrogens with zero attached hydrogens (tertiary/aromatic N) is 1. The van der Waals surface area contributed by atoms with Crippen LogP contribution < -0.4 is 10.6 Å². The molecule has 0 aliphatic carbocycles. The van der Waals surface area contributed by atoms with Gasteiger partial charge >= 0.3 is 0 Å². The fourth-order valence-electron chi connectivity index (χ4n) is 2.78. The summed E-state index contributed by atoms with van der Waals surface area (Å²) in [6.07, 6.45) is 3.94. The second-order valence-electron chi connectivity index (χ2n) is 6.43. The van der Waals surface area contributed by atoms with Crippen LogP contribution >= 0.6 is 0 Å². The molecule has 1 amide bonds. The third-order valence-corrected chi connectivity index (χ3v) is 6.47. The Balaban J connectivity index is 1.78. The Morgan fingerprint density at radius 3 is 2.24 bits per heavy atom. The van der Waals surface area contributed by atoms with Crippen molar-refractivity contribution in [2.75, 3.05) is 31.5 Å². The molecule has 0 heterocycles. The quantitative estimate of drug-likeness (QED) is 0.436. The number of anilines is 1. The van der Waals surface area contributed by atoms with Crippen molar-refractivity contribution in [2.45, 2.75) is 25.2 Å². The van der Waals surface area contributed by atoms with E-state index < -0.39 is 10.0 Å². The molecule has 0 aromatic heterocycles. The van der Waals surface area contributed by atoms with E-state index in [1.165, 1.54) is 10.4 Å². The molecule has 0 bridgehead atoms. The van der Waals surface area contributed by atoms with Gasteiger partial charge in [-0.25, -0.2) is 8.42 Å². The van der Waals surface area contributed by atoms with Crippen molar-refractivity contribution < 1.29 is 13.2 Å². The van der Waals surface area contributed by atoms with Crippen LogP contribution in [0, 0.1) is 0 Å². The molecule has 2 N–H and O–H groups in total. The van der Waals surface area contributed by atoms with E-state index in [1.807, 2.05) is 44.2 Å². The van der Waals surface area contributed by atoms with E-state index in [0.29, 0.717) is 19.6 Å². The van der Waals surface area contributed by atoms with Crippen LogP contribution in [-0.4, -0.2) is 44.8 Å². The van der Waals surface area contributed by atoms with Gasteiger partial charge in [-0.15, -0.1) is 0 Å². The number of nitrogens with one attached hydrogen (secondary N) is 2. The van der Waals surface area contributed by atoms with Crippen LogP contribution in [-0.2, 0) is 14.8 Å². The monoisotopic (exact) mass is 415 g/mol. The zero-order valence-electron chi connectivity index (χ0n) is 17.0. The van der Waals surface area contributed by atoms with Crippen molar-refractivity contribution in [3.8, 4) is 0 Å². The van der Waals surface area contributed by atoms with Crippen molar-refractivity contribution in [2.24, 2.45) is 0 Å². The van der Waals surface area contributed by atoms with E-state index in [0.717, 1.165) is 24.2 Å². The van der Waals surface area contributed by atoms with Gasteiger partial charge in [0.25, 0.3) is 0 Å². The predicted octanol–water partition coefficient (Wildman–Crippen LogP) is 3.35. The standard InChI is InChI=1S/C22H29N3O3S/c1-3-25(4-2)29(27,28)21-14-11-19(12-15-21)13-16-22(26)24-18-8-17-23-20-9-6-5-7-10-20/h5-7,9-16,23H,3-4,8,17-18H2,1-2H3,(H,24,26)/b16-13+. The smallest absolute Gasteiger partial charge is 0.244 e. The van der Waals surface area contributed by atoms with Crippen LogP contribution in [0.15, 0.2) is 65.6 Å². The number of sulfonamides is 1. The molecule has 0 saturated carbocycles. The highest BCUT2D eigenvalue weighted by Gasteiger charge is 2.20. The van der Waals surface area contributed by atoms with Crippen molar-refractivity contribution in [1.29, 1.82) is 0 Å². The van der Waals surface area contributed by atoms with Gasteiger partial charge in [-0.1, -0.05) is 44.2 Å². The summed E-state index contributed by atoms with van der Waals surface area (Å²) in [4.78, 5) is 12.2. The zero-order valence-corrected chi connectivity index (χ0v) is 17.8. The maximum Gasteiger partial charge on any atom is 0.244 e. The summed E-state index contributed by atoms with van der Waals surface area (Å²) in [5, 5.41) is 6.12. The van der Waals surface area contributed by atoms with Gasteiger partial charge in [-0.3, -0.25) is 4.79 Å². The van der Waals surface area contributed by atoms with Gasteiger partial charge in [-0.2, -0.15) is 4.31 Å². The summed E-state index contributed by atoms with van der Waals surface area (Å²) >= 11 is 0. The molecule has 2 aromatic rings. The molecule has 0 unspecified atom stereocenters. The Labute approximate surface area is 173 Å². The predicted molar refractivity (Wildman–Crippen MR) is 118 cm³/mol. The molecule has 2 aromatic carbocycles. The third kappa shape index (κ3) is 7.03. The van der Waals surface area contributed by atoms with Crippen LogP contribution in [0.2, 0.25) is 0 Å². The first kappa shape index (κ1) is 22.6. The number of amides is 1. The van der Waals surface area contributed by atoms with Gasteiger partial charge < -0.3 is 10.6 Å². The molecule has 0 aliphatic heterocycles. The molecular formula is C22H29N3O3S. The van der Waals surface area contributed by atoms with E-state index in [-0.39, 0.29) is 10.8 Å². The Morgan fingerprint density at radius 2 is 1.62 bits per heavy atom. The third-order valence-electron chi connectivity index (χ3n) is 4.41. The van der Waals surface area contributed by atoms with Gasteiger partial charge in [0.2, 0.25) is 15.9 Å². The highest BCUT2D eigenvalue weighted by molar-refractivity contribution is 7.89. The topological polar surface area (TPSA) is 78.5 Å². The van der Waals surface area contributed by atoms with Crippen molar-refractivity contribution in [3.63, 3.8) is 0 Å². The van der Waals surface area contributed by atoms with Gasteiger partial charge in [0.05, 0.1) is 4.90 Å². The summed E-state index contributed by atoms with van der Waals surface area (Å²) in [5.41, 5.74) is 1.83. The zero-order chi connectivity index (χ0) is 21.1. The van der Waals surface area contributed by atoms with E-state index >= 15 is 0 Å². The number of para-hydroxylation sites is 1. The van der Waals surface area contributed by atoms with E-state index in [9.17, 15) is 13.2 Å². The van der Waals surface area contributed by atoms with Crippen molar-refractivity contribution >= 4 is 27.7 Å². The molecule has 0 atom stereocenters. The lowest BCUT2D eigenvalue weighted by atomic mass is 10.2. The molecule has 29 heavy (non-hydrogen) atoms. The average Bonchev–Trinajstić information content (AvgIpc) is 2.74. The maximum atomic E-state index is 12.5. The normalized spacial score (nSPS) is 11.7. The Bertz CT molecular complexity index is 891. The summed E-state index contributed by atoms with van der Waals surface area (Å²) < 4.78 is 26.4. The fraction of sp³-hybridized carbons (Fsp3) is 0.318. The first-order chi connectivity index (χ1) is 14.0. The van der Waals surface area contributed by atoms with Crippen LogP contribution in [0.4, 0.5) is 5.69 Å². The molecule has 2 rings (SSSR count). The van der Waals surface area contributed by atoms with Gasteiger partial charge in [0.15, 0.2) is 0 Å². The molecule has 0 radical (unpaired) electrons. The second-order valence-corrected chi connectivity index (χ2v) is 8.37. The van der Waals surface area contributed by atoms with Gasteiger partial charge in [0.1, 0.15) is 0 Å². The Kier molecular flexibility index (Phi) is 8.89. The first-order valence-electron chi connectivity index (χ1n) is 9.82. The first-order valence-corrected chi connectivity index (χ1v) is 11.3. The van der Waals surface area contributed by atoms with Crippen molar-refractivity contribution in [3.05, 3.63) is 66.2 Å². The molecular weight excluding hydrogens is 386 g/mol. The summed E-state index contributed by atoms with van der Waals surface area (Å²) in [5.74, 6) is -0.176. The molecule has 156 valence electrons. The number of hydrogen-bond donors (Lipinski definition) is 2. The SMILES string of the molecule is CCN(CC)S(=O)(=O)c1ccc(/C=C/C(=O)NCCCNc2ccccc2)cc1.